The molecule has 2 aromatic carbocycles. The van der Waals surface area contributed by atoms with Crippen molar-refractivity contribution >= 4 is 34.3 Å². The van der Waals surface area contributed by atoms with E-state index in [0.29, 0.717) is 51.0 Å². The van der Waals surface area contributed by atoms with Gasteiger partial charge in [0.15, 0.2) is 0 Å². The first-order valence-electron chi connectivity index (χ1n) is 18.2. The molecule has 1 N–H and O–H groups in total. The van der Waals surface area contributed by atoms with Crippen LogP contribution in [0.15, 0.2) is 71.1 Å². The number of hydrogen-bond donors (Lipinski definition) is 1. The lowest BCUT2D eigenvalue weighted by Gasteiger charge is -2.42. The minimum absolute atomic E-state index is 0.114. The van der Waals surface area contributed by atoms with Gasteiger partial charge in [0.25, 0.3) is 5.91 Å². The molecule has 3 aliphatic rings. The Balaban J connectivity index is 1.10. The van der Waals surface area contributed by atoms with Crippen molar-refractivity contribution in [2.75, 3.05) is 49.7 Å². The average Bonchev–Trinajstić information content (AvgIpc) is 3.15. The fourth-order valence-electron chi connectivity index (χ4n) is 7.90. The van der Waals surface area contributed by atoms with E-state index in [2.05, 4.69) is 71.1 Å². The summed E-state index contributed by atoms with van der Waals surface area (Å²) < 4.78 is 24.8. The van der Waals surface area contributed by atoms with E-state index >= 15 is 0 Å². The van der Waals surface area contributed by atoms with Crippen molar-refractivity contribution < 1.29 is 23.5 Å². The van der Waals surface area contributed by atoms with Crippen LogP contribution in [0.4, 0.5) is 20.7 Å². The molecule has 3 aromatic rings. The van der Waals surface area contributed by atoms with E-state index in [1.165, 1.54) is 28.9 Å². The number of carbonyl (C=O) groups is 2. The summed E-state index contributed by atoms with van der Waals surface area (Å²) in [6.07, 6.45) is 2.12. The number of nitrogens with one attached hydrogen (secondary N) is 1. The quantitative estimate of drug-likeness (QED) is 0.236. The normalized spacial score (nSPS) is 19.3. The maximum Gasteiger partial charge on any atom is 0.407 e. The van der Waals surface area contributed by atoms with Gasteiger partial charge in [-0.05, 0) is 81.5 Å². The molecule has 0 spiro atoms. The van der Waals surface area contributed by atoms with Crippen LogP contribution in [0.1, 0.15) is 63.3 Å². The number of carbonyl (C=O) groups excluding carboxylic acids is 2. The molecule has 1 aromatic heterocycles. The highest BCUT2D eigenvalue weighted by Gasteiger charge is 2.35. The van der Waals surface area contributed by atoms with Gasteiger partial charge in [0.1, 0.15) is 12.4 Å². The zero-order valence-electron chi connectivity index (χ0n) is 31.3. The molecule has 2 amide bonds. The lowest BCUT2D eigenvalue weighted by Crippen LogP contribution is -2.56. The van der Waals surface area contributed by atoms with E-state index in [-0.39, 0.29) is 42.4 Å². The summed E-state index contributed by atoms with van der Waals surface area (Å²) in [7, 11) is 1.56. The zero-order valence-corrected chi connectivity index (χ0v) is 31.3. The number of hydrogen-bond acceptors (Lipinski definition) is 9. The molecule has 53 heavy (non-hydrogen) atoms. The van der Waals surface area contributed by atoms with E-state index in [1.54, 1.807) is 18.9 Å². The molecule has 0 bridgehead atoms. The van der Waals surface area contributed by atoms with Gasteiger partial charge in [0, 0.05) is 54.4 Å². The second kappa shape index (κ2) is 16.1. The maximum absolute atomic E-state index is 13.8. The minimum atomic E-state index is -0.635. The number of anilines is 2. The largest absolute Gasteiger partial charge is 0.467 e. The number of aromatic nitrogens is 2. The summed E-state index contributed by atoms with van der Waals surface area (Å²) in [5, 5.41) is 15.1. The number of nitriles is 1. The average molecular weight is 722 g/mol. The number of nitrogens with zero attached hydrogens (tertiary/aromatic N) is 6. The molecule has 1 saturated heterocycles. The Morgan fingerprint density at radius 2 is 1.85 bits per heavy atom. The Kier molecular flexibility index (Phi) is 11.3. The fraction of sp³-hybridized carbons (Fsp3) is 0.439. The topological polar surface area (TPSA) is 124 Å². The SMILES string of the molecule is C=C(COC(=O)NC1CCC(/C(C)=C(\C)F)=C(C)C1)C(=O)N1CCN(c2nc(OC)nc3c2CCN(c2cccc4cccc(C)c24)C3)CC1CC#N. The van der Waals surface area contributed by atoms with Crippen LogP contribution >= 0.6 is 0 Å². The van der Waals surface area contributed by atoms with Gasteiger partial charge < -0.3 is 29.5 Å². The highest BCUT2D eigenvalue weighted by molar-refractivity contribution is 5.97. The highest BCUT2D eigenvalue weighted by atomic mass is 19.1. The van der Waals surface area contributed by atoms with Gasteiger partial charge in [0.05, 0.1) is 43.7 Å². The van der Waals surface area contributed by atoms with Gasteiger partial charge in [-0.25, -0.2) is 9.18 Å². The number of halogens is 1. The van der Waals surface area contributed by atoms with Gasteiger partial charge in [-0.1, -0.05) is 42.5 Å². The molecule has 0 radical (unpaired) electrons. The summed E-state index contributed by atoms with van der Waals surface area (Å²) in [6.45, 7) is 13.6. The second-order valence-corrected chi connectivity index (χ2v) is 14.2. The number of fused-ring (bicyclic) bond motifs is 2. The molecule has 1 fully saturated rings. The van der Waals surface area contributed by atoms with Gasteiger partial charge in [0.2, 0.25) is 0 Å². The molecule has 6 rings (SSSR count). The van der Waals surface area contributed by atoms with Crippen LogP contribution in [0.2, 0.25) is 0 Å². The van der Waals surface area contributed by atoms with Crippen LogP contribution in [0.3, 0.4) is 0 Å². The number of rotatable bonds is 9. The Labute approximate surface area is 310 Å². The van der Waals surface area contributed by atoms with E-state index in [1.807, 2.05) is 6.92 Å². The van der Waals surface area contributed by atoms with Gasteiger partial charge in [-0.15, -0.1) is 0 Å². The van der Waals surface area contributed by atoms with Crippen molar-refractivity contribution in [3.05, 3.63) is 87.9 Å². The lowest BCUT2D eigenvalue weighted by atomic mass is 9.85. The molecule has 12 heteroatoms. The van der Waals surface area contributed by atoms with Crippen molar-refractivity contribution in [3.8, 4) is 12.1 Å². The lowest BCUT2D eigenvalue weighted by molar-refractivity contribution is -0.130. The van der Waals surface area contributed by atoms with Crippen molar-refractivity contribution in [1.82, 2.24) is 20.2 Å². The van der Waals surface area contributed by atoms with E-state index in [9.17, 15) is 19.2 Å². The van der Waals surface area contributed by atoms with Gasteiger partial charge >= 0.3 is 12.1 Å². The first kappa shape index (κ1) is 37.3. The summed E-state index contributed by atoms with van der Waals surface area (Å²) in [4.78, 5) is 42.0. The summed E-state index contributed by atoms with van der Waals surface area (Å²) in [6, 6.07) is 14.7. The molecule has 1 aliphatic carbocycles. The van der Waals surface area contributed by atoms with E-state index < -0.39 is 12.1 Å². The number of amides is 2. The smallest absolute Gasteiger partial charge is 0.407 e. The third kappa shape index (κ3) is 7.99. The Morgan fingerprint density at radius 3 is 2.57 bits per heavy atom. The van der Waals surface area contributed by atoms with Crippen molar-refractivity contribution in [3.63, 3.8) is 0 Å². The predicted molar refractivity (Wildman–Crippen MR) is 203 cm³/mol. The van der Waals surface area contributed by atoms with Crippen LogP contribution in [-0.2, 0) is 22.5 Å². The second-order valence-electron chi connectivity index (χ2n) is 14.2. The molecule has 2 unspecified atom stereocenters. The summed E-state index contributed by atoms with van der Waals surface area (Å²) >= 11 is 0. The van der Waals surface area contributed by atoms with Crippen molar-refractivity contribution in [1.29, 1.82) is 5.26 Å². The Bertz CT molecular complexity index is 2030. The molecule has 278 valence electrons. The number of allylic oxidation sites excluding steroid dienone is 3. The number of benzene rings is 2. The molecule has 0 saturated carbocycles. The van der Waals surface area contributed by atoms with Crippen LogP contribution in [0.5, 0.6) is 6.01 Å². The predicted octanol–water partition coefficient (Wildman–Crippen LogP) is 6.86. The highest BCUT2D eigenvalue weighted by Crippen LogP contribution is 2.36. The molecular weight excluding hydrogens is 673 g/mol. The van der Waals surface area contributed by atoms with Crippen LogP contribution in [-0.4, -0.2) is 78.8 Å². The van der Waals surface area contributed by atoms with Crippen LogP contribution < -0.4 is 19.9 Å². The van der Waals surface area contributed by atoms with Crippen molar-refractivity contribution in [2.24, 2.45) is 0 Å². The zero-order chi connectivity index (χ0) is 37.8. The Morgan fingerprint density at radius 1 is 1.08 bits per heavy atom. The monoisotopic (exact) mass is 721 g/mol. The minimum Gasteiger partial charge on any atom is -0.467 e. The van der Waals surface area contributed by atoms with Crippen LogP contribution in [0, 0.1) is 18.3 Å². The number of ether oxygens (including phenoxy) is 2. The number of methoxy groups -OCH3 is 1. The van der Waals surface area contributed by atoms with Crippen molar-refractivity contribution in [2.45, 2.75) is 78.4 Å². The molecule has 2 atom stereocenters. The van der Waals surface area contributed by atoms with E-state index in [4.69, 9.17) is 19.4 Å². The number of alkyl carbamates (subject to hydrolysis) is 1. The molecule has 3 heterocycles. The molecular formula is C41H48FN7O4. The summed E-state index contributed by atoms with van der Waals surface area (Å²) in [5.74, 6) is 0.214. The standard InChI is InChI=1S/C41H48FN7O4/c1-25-9-7-10-30-11-8-12-36(37(25)30)47-18-16-34-35(23-47)45-40(52-6)46-38(34)48-19-20-49(32(22-48)15-17-43)39(50)27(3)24-53-41(51)44-31-13-14-33(26(2)21-31)28(4)29(5)42/h7-12,31-32H,3,13-16,18-24H2,1-2,4-6H3,(H,44,51)/b29-28+. The number of piperazine rings is 1. The first-order valence-corrected chi connectivity index (χ1v) is 18.2. The first-order chi connectivity index (χ1) is 25.5. The fourth-order valence-corrected chi connectivity index (χ4v) is 7.90. The molecule has 2 aliphatic heterocycles. The maximum atomic E-state index is 13.8. The molecule has 11 nitrogen and oxygen atoms in total. The van der Waals surface area contributed by atoms with Gasteiger partial charge in [-0.3, -0.25) is 4.79 Å². The number of aryl methyl sites for hydroxylation is 1. The third-order valence-electron chi connectivity index (χ3n) is 10.8. The third-order valence-corrected chi connectivity index (χ3v) is 10.8. The van der Waals surface area contributed by atoms with E-state index in [0.717, 1.165) is 41.2 Å². The van der Waals surface area contributed by atoms with Gasteiger partial charge in [-0.2, -0.15) is 15.2 Å². The van der Waals surface area contributed by atoms with Crippen LogP contribution in [0.25, 0.3) is 10.8 Å². The summed E-state index contributed by atoms with van der Waals surface area (Å²) in [5.41, 5.74) is 7.15. The Hall–Kier alpha value is -5.44.